The van der Waals surface area contributed by atoms with Gasteiger partial charge in [-0.05, 0) is 44.0 Å². The van der Waals surface area contributed by atoms with Crippen LogP contribution in [0.4, 0.5) is 0 Å². The van der Waals surface area contributed by atoms with E-state index in [-0.39, 0.29) is 0 Å². The van der Waals surface area contributed by atoms with Gasteiger partial charge in [0, 0.05) is 11.6 Å². The highest BCUT2D eigenvalue weighted by molar-refractivity contribution is 5.39. The van der Waals surface area contributed by atoms with E-state index >= 15 is 0 Å². The van der Waals surface area contributed by atoms with Gasteiger partial charge in [0.25, 0.3) is 0 Å². The zero-order valence-corrected chi connectivity index (χ0v) is 13.2. The van der Waals surface area contributed by atoms with Crippen LogP contribution in [-0.2, 0) is 6.61 Å². The fourth-order valence-corrected chi connectivity index (χ4v) is 2.33. The highest BCUT2D eigenvalue weighted by Gasteiger charge is 2.11. The van der Waals surface area contributed by atoms with Crippen LogP contribution in [0.15, 0.2) is 48.5 Å². The molecule has 0 aliphatic heterocycles. The molecule has 0 radical (unpaired) electrons. The zero-order chi connectivity index (χ0) is 15.1. The van der Waals surface area contributed by atoms with Crippen molar-refractivity contribution >= 4 is 0 Å². The van der Waals surface area contributed by atoms with Gasteiger partial charge in [0.2, 0.25) is 0 Å². The third-order valence-electron chi connectivity index (χ3n) is 3.57. The summed E-state index contributed by atoms with van der Waals surface area (Å²) in [6, 6.07) is 17.0. The fourth-order valence-electron chi connectivity index (χ4n) is 2.33. The van der Waals surface area contributed by atoms with E-state index in [9.17, 15) is 0 Å². The van der Waals surface area contributed by atoms with Crippen molar-refractivity contribution in [1.29, 1.82) is 0 Å². The van der Waals surface area contributed by atoms with Gasteiger partial charge < -0.3 is 10.1 Å². The van der Waals surface area contributed by atoms with Crippen molar-refractivity contribution in [2.75, 3.05) is 6.54 Å². The lowest BCUT2D eigenvalue weighted by molar-refractivity contribution is 0.299. The third-order valence-corrected chi connectivity index (χ3v) is 3.57. The van der Waals surface area contributed by atoms with Crippen LogP contribution in [0.2, 0.25) is 0 Å². The summed E-state index contributed by atoms with van der Waals surface area (Å²) in [6.45, 7) is 8.10. The van der Waals surface area contributed by atoms with Crippen LogP contribution < -0.4 is 10.1 Å². The quantitative estimate of drug-likeness (QED) is 0.799. The molecule has 2 nitrogen and oxygen atoms in total. The smallest absolute Gasteiger partial charge is 0.124 e. The van der Waals surface area contributed by atoms with Crippen LogP contribution in [0.1, 0.15) is 43.0 Å². The van der Waals surface area contributed by atoms with Gasteiger partial charge in [-0.25, -0.2) is 0 Å². The van der Waals surface area contributed by atoms with E-state index in [1.165, 1.54) is 16.7 Å². The average Bonchev–Trinajstić information content (AvgIpc) is 2.51. The summed E-state index contributed by atoms with van der Waals surface area (Å²) in [6.07, 6.45) is 1.14. The number of aryl methyl sites for hydroxylation is 1. The molecule has 2 rings (SSSR count). The van der Waals surface area contributed by atoms with Crippen molar-refractivity contribution in [1.82, 2.24) is 5.32 Å². The predicted octanol–water partition coefficient (Wildman–Crippen LogP) is 4.63. The lowest BCUT2D eigenvalue weighted by Crippen LogP contribution is -2.20. The monoisotopic (exact) mass is 283 g/mol. The maximum atomic E-state index is 6.07. The number of ether oxygens (including phenoxy) is 1. The first-order chi connectivity index (χ1) is 10.2. The average molecular weight is 283 g/mol. The largest absolute Gasteiger partial charge is 0.489 e. The number of rotatable bonds is 7. The Bertz CT molecular complexity index is 551. The van der Waals surface area contributed by atoms with Crippen LogP contribution in [0, 0.1) is 6.92 Å². The van der Waals surface area contributed by atoms with Crippen LogP contribution in [-0.4, -0.2) is 6.54 Å². The van der Waals surface area contributed by atoms with E-state index < -0.39 is 0 Å². The summed E-state index contributed by atoms with van der Waals surface area (Å²) in [5, 5.41) is 3.53. The van der Waals surface area contributed by atoms with Crippen LogP contribution in [0.5, 0.6) is 5.75 Å². The molecular formula is C19H25NO. The Kier molecular flexibility index (Phi) is 5.82. The molecule has 2 aromatic rings. The van der Waals surface area contributed by atoms with E-state index in [2.05, 4.69) is 56.4 Å². The Morgan fingerprint density at radius 1 is 1.10 bits per heavy atom. The van der Waals surface area contributed by atoms with E-state index in [1.54, 1.807) is 0 Å². The number of hydrogen-bond donors (Lipinski definition) is 1. The molecule has 0 aromatic heterocycles. The van der Waals surface area contributed by atoms with Crippen molar-refractivity contribution in [2.24, 2.45) is 0 Å². The molecule has 0 fully saturated rings. The Labute approximate surface area is 128 Å². The Hall–Kier alpha value is -1.80. The number of benzene rings is 2. The lowest BCUT2D eigenvalue weighted by atomic mass is 10.0. The van der Waals surface area contributed by atoms with E-state index in [1.807, 2.05) is 18.2 Å². The molecule has 2 heteroatoms. The van der Waals surface area contributed by atoms with Gasteiger partial charge in [0.1, 0.15) is 12.4 Å². The molecule has 1 unspecified atom stereocenters. The van der Waals surface area contributed by atoms with Gasteiger partial charge in [-0.2, -0.15) is 0 Å². The van der Waals surface area contributed by atoms with Gasteiger partial charge in [-0.3, -0.25) is 0 Å². The van der Waals surface area contributed by atoms with Crippen molar-refractivity contribution in [3.05, 3.63) is 65.2 Å². The fraction of sp³-hybridized carbons (Fsp3) is 0.368. The van der Waals surface area contributed by atoms with E-state index in [0.717, 1.165) is 18.7 Å². The third kappa shape index (κ3) is 4.61. The maximum absolute atomic E-state index is 6.07. The normalized spacial score (nSPS) is 12.1. The molecule has 1 N–H and O–H groups in total. The molecule has 0 aliphatic rings. The minimum Gasteiger partial charge on any atom is -0.489 e. The second kappa shape index (κ2) is 7.84. The van der Waals surface area contributed by atoms with Crippen molar-refractivity contribution in [3.8, 4) is 5.75 Å². The first-order valence-corrected chi connectivity index (χ1v) is 7.71. The van der Waals surface area contributed by atoms with Gasteiger partial charge in [0.05, 0.1) is 0 Å². The Morgan fingerprint density at radius 2 is 1.86 bits per heavy atom. The highest BCUT2D eigenvalue weighted by Crippen LogP contribution is 2.27. The topological polar surface area (TPSA) is 21.3 Å². The first-order valence-electron chi connectivity index (χ1n) is 7.71. The summed E-state index contributed by atoms with van der Waals surface area (Å²) in [4.78, 5) is 0. The standard InChI is InChI=1S/C19H25NO/c1-4-12-20-16(3)18-11-10-15(2)13-19(18)21-14-17-8-6-5-7-9-17/h5-11,13,16,20H,4,12,14H2,1-3H3. The summed E-state index contributed by atoms with van der Waals surface area (Å²) in [7, 11) is 0. The summed E-state index contributed by atoms with van der Waals surface area (Å²) >= 11 is 0. The van der Waals surface area contributed by atoms with E-state index in [4.69, 9.17) is 4.74 Å². The summed E-state index contributed by atoms with van der Waals surface area (Å²) in [5.41, 5.74) is 3.65. The Morgan fingerprint density at radius 3 is 2.57 bits per heavy atom. The van der Waals surface area contributed by atoms with Crippen LogP contribution in [0.3, 0.4) is 0 Å². The number of hydrogen-bond acceptors (Lipinski definition) is 2. The van der Waals surface area contributed by atoms with Gasteiger partial charge in [0.15, 0.2) is 0 Å². The van der Waals surface area contributed by atoms with Crippen LogP contribution in [0.25, 0.3) is 0 Å². The molecule has 1 atom stereocenters. The molecular weight excluding hydrogens is 258 g/mol. The molecule has 2 aromatic carbocycles. The molecule has 21 heavy (non-hydrogen) atoms. The van der Waals surface area contributed by atoms with E-state index in [0.29, 0.717) is 12.6 Å². The summed E-state index contributed by atoms with van der Waals surface area (Å²) in [5.74, 6) is 0.981. The molecule has 0 aliphatic carbocycles. The maximum Gasteiger partial charge on any atom is 0.124 e. The van der Waals surface area contributed by atoms with Crippen LogP contribution >= 0.6 is 0 Å². The van der Waals surface area contributed by atoms with Crippen molar-refractivity contribution in [3.63, 3.8) is 0 Å². The van der Waals surface area contributed by atoms with Gasteiger partial charge in [-0.15, -0.1) is 0 Å². The molecule has 0 saturated heterocycles. The second-order valence-corrected chi connectivity index (χ2v) is 5.49. The summed E-state index contributed by atoms with van der Waals surface area (Å²) < 4.78 is 6.07. The van der Waals surface area contributed by atoms with Gasteiger partial charge in [-0.1, -0.05) is 49.4 Å². The number of nitrogens with one attached hydrogen (secondary N) is 1. The second-order valence-electron chi connectivity index (χ2n) is 5.49. The van der Waals surface area contributed by atoms with Crippen molar-refractivity contribution in [2.45, 2.75) is 39.8 Å². The minimum atomic E-state index is 0.302. The zero-order valence-electron chi connectivity index (χ0n) is 13.2. The molecule has 112 valence electrons. The van der Waals surface area contributed by atoms with Crippen molar-refractivity contribution < 1.29 is 4.74 Å². The first kappa shape index (κ1) is 15.6. The molecule has 0 saturated carbocycles. The van der Waals surface area contributed by atoms with Gasteiger partial charge >= 0.3 is 0 Å². The lowest BCUT2D eigenvalue weighted by Gasteiger charge is -2.19. The SMILES string of the molecule is CCCNC(C)c1ccc(C)cc1OCc1ccccc1. The molecule has 0 spiro atoms. The highest BCUT2D eigenvalue weighted by atomic mass is 16.5. The minimum absolute atomic E-state index is 0.302. The predicted molar refractivity (Wildman–Crippen MR) is 88.7 cm³/mol. The molecule has 0 bridgehead atoms. The molecule has 0 heterocycles. The molecule has 0 amide bonds. The Balaban J connectivity index is 2.11.